The predicted molar refractivity (Wildman–Crippen MR) is 63.2 cm³/mol. The number of amides is 1. The minimum atomic E-state index is 0.223. The van der Waals surface area contributed by atoms with Crippen LogP contribution in [0.2, 0.25) is 0 Å². The monoisotopic (exact) mass is 225 g/mol. The molecule has 1 atom stereocenters. The van der Waals surface area contributed by atoms with Crippen LogP contribution in [0.4, 0.5) is 0 Å². The molecule has 1 saturated carbocycles. The van der Waals surface area contributed by atoms with Crippen molar-refractivity contribution in [2.24, 2.45) is 0 Å². The Balaban J connectivity index is 1.59. The van der Waals surface area contributed by atoms with Gasteiger partial charge in [-0.3, -0.25) is 4.79 Å². The van der Waals surface area contributed by atoms with Gasteiger partial charge in [-0.1, -0.05) is 12.8 Å². The largest absolute Gasteiger partial charge is 0.378 e. The zero-order chi connectivity index (χ0) is 11.2. The van der Waals surface area contributed by atoms with E-state index in [1.54, 1.807) is 0 Å². The molecule has 0 spiro atoms. The van der Waals surface area contributed by atoms with E-state index >= 15 is 0 Å². The number of rotatable bonds is 4. The molecule has 1 aliphatic heterocycles. The molecule has 0 aromatic heterocycles. The molecule has 1 amide bonds. The van der Waals surface area contributed by atoms with E-state index in [9.17, 15) is 4.79 Å². The number of hydrogen-bond donors (Lipinski definition) is 1. The molecule has 0 radical (unpaired) electrons. The van der Waals surface area contributed by atoms with Crippen LogP contribution in [0.1, 0.15) is 57.8 Å². The third-order valence-electron chi connectivity index (χ3n) is 3.69. The number of nitrogens with one attached hydrogen (secondary N) is 1. The van der Waals surface area contributed by atoms with Crippen molar-refractivity contribution < 1.29 is 9.53 Å². The summed E-state index contributed by atoms with van der Waals surface area (Å²) in [7, 11) is 0. The topological polar surface area (TPSA) is 38.3 Å². The number of carbonyl (C=O) groups excluding carboxylic acids is 1. The molecule has 1 unspecified atom stereocenters. The number of ether oxygens (including phenoxy) is 1. The molecular weight excluding hydrogens is 202 g/mol. The first-order chi connectivity index (χ1) is 7.84. The van der Waals surface area contributed by atoms with Gasteiger partial charge in [0, 0.05) is 19.1 Å². The van der Waals surface area contributed by atoms with Crippen LogP contribution in [0.3, 0.4) is 0 Å². The lowest BCUT2D eigenvalue weighted by Crippen LogP contribution is -2.33. The zero-order valence-corrected chi connectivity index (χ0v) is 10.0. The van der Waals surface area contributed by atoms with Crippen molar-refractivity contribution in [3.63, 3.8) is 0 Å². The maximum absolute atomic E-state index is 11.7. The highest BCUT2D eigenvalue weighted by Crippen LogP contribution is 2.19. The van der Waals surface area contributed by atoms with Gasteiger partial charge in [0.2, 0.25) is 5.91 Å². The van der Waals surface area contributed by atoms with Gasteiger partial charge in [0.25, 0.3) is 0 Å². The summed E-state index contributed by atoms with van der Waals surface area (Å²) in [6.45, 7) is 0.884. The van der Waals surface area contributed by atoms with Gasteiger partial charge in [0.05, 0.1) is 6.10 Å². The minimum absolute atomic E-state index is 0.223. The van der Waals surface area contributed by atoms with E-state index in [1.807, 2.05) is 0 Å². The molecule has 0 aromatic rings. The summed E-state index contributed by atoms with van der Waals surface area (Å²) in [5, 5.41) is 3.12. The Hall–Kier alpha value is -0.570. The fraction of sp³-hybridized carbons (Fsp3) is 0.923. The Bertz CT molecular complexity index is 218. The highest BCUT2D eigenvalue weighted by Gasteiger charge is 2.19. The van der Waals surface area contributed by atoms with E-state index in [4.69, 9.17) is 4.74 Å². The van der Waals surface area contributed by atoms with Crippen molar-refractivity contribution >= 4 is 5.91 Å². The van der Waals surface area contributed by atoms with E-state index in [0.717, 1.165) is 19.4 Å². The van der Waals surface area contributed by atoms with Crippen LogP contribution in [-0.2, 0) is 9.53 Å². The molecule has 1 aliphatic carbocycles. The van der Waals surface area contributed by atoms with Crippen molar-refractivity contribution in [2.45, 2.75) is 69.9 Å². The van der Waals surface area contributed by atoms with Gasteiger partial charge in [-0.25, -0.2) is 0 Å². The smallest absolute Gasteiger partial charge is 0.220 e. The molecule has 3 nitrogen and oxygen atoms in total. The molecule has 2 fully saturated rings. The summed E-state index contributed by atoms with van der Waals surface area (Å²) in [6, 6.07) is 0.458. The van der Waals surface area contributed by atoms with Crippen LogP contribution >= 0.6 is 0 Å². The Morgan fingerprint density at radius 3 is 2.56 bits per heavy atom. The van der Waals surface area contributed by atoms with Gasteiger partial charge in [-0.2, -0.15) is 0 Å². The molecule has 2 aliphatic rings. The van der Waals surface area contributed by atoms with Crippen LogP contribution in [0, 0.1) is 0 Å². The molecule has 1 heterocycles. The van der Waals surface area contributed by atoms with Crippen LogP contribution in [0.5, 0.6) is 0 Å². The van der Waals surface area contributed by atoms with Crippen LogP contribution in [0.25, 0.3) is 0 Å². The Labute approximate surface area is 97.9 Å². The molecule has 92 valence electrons. The molecule has 1 saturated heterocycles. The standard InChI is InChI=1S/C13H23NO2/c15-13(14-11-5-1-2-6-11)9-8-12-7-3-4-10-16-12/h11-12H,1-10H2,(H,14,15). The second-order valence-electron chi connectivity index (χ2n) is 5.08. The van der Waals surface area contributed by atoms with Crippen LogP contribution < -0.4 is 5.32 Å². The predicted octanol–water partition coefficient (Wildman–Crippen LogP) is 2.39. The summed E-state index contributed by atoms with van der Waals surface area (Å²) in [5.41, 5.74) is 0. The van der Waals surface area contributed by atoms with Crippen LogP contribution in [0.15, 0.2) is 0 Å². The van der Waals surface area contributed by atoms with E-state index < -0.39 is 0 Å². The van der Waals surface area contributed by atoms with Crippen LogP contribution in [-0.4, -0.2) is 24.7 Å². The average molecular weight is 225 g/mol. The first kappa shape index (κ1) is 11.9. The van der Waals surface area contributed by atoms with Gasteiger partial charge in [-0.15, -0.1) is 0 Å². The maximum Gasteiger partial charge on any atom is 0.220 e. The molecule has 0 aromatic carbocycles. The first-order valence-electron chi connectivity index (χ1n) is 6.75. The SMILES string of the molecule is O=C(CCC1CCCCO1)NC1CCCC1. The lowest BCUT2D eigenvalue weighted by atomic mass is 10.0. The van der Waals surface area contributed by atoms with Crippen molar-refractivity contribution in [3.05, 3.63) is 0 Å². The van der Waals surface area contributed by atoms with Crippen molar-refractivity contribution in [1.29, 1.82) is 0 Å². The maximum atomic E-state index is 11.7. The fourth-order valence-corrected chi connectivity index (χ4v) is 2.70. The second kappa shape index (κ2) is 6.24. The summed E-state index contributed by atoms with van der Waals surface area (Å²) >= 11 is 0. The van der Waals surface area contributed by atoms with Crippen molar-refractivity contribution in [1.82, 2.24) is 5.32 Å². The summed E-state index contributed by atoms with van der Waals surface area (Å²) in [5.74, 6) is 0.223. The molecular formula is C13H23NO2. The van der Waals surface area contributed by atoms with Gasteiger partial charge in [-0.05, 0) is 38.5 Å². The average Bonchev–Trinajstić information content (AvgIpc) is 2.81. The highest BCUT2D eigenvalue weighted by molar-refractivity contribution is 5.76. The molecule has 1 N–H and O–H groups in total. The quantitative estimate of drug-likeness (QED) is 0.798. The molecule has 2 rings (SSSR count). The van der Waals surface area contributed by atoms with Gasteiger partial charge < -0.3 is 10.1 Å². The normalized spacial score (nSPS) is 26.9. The van der Waals surface area contributed by atoms with Crippen molar-refractivity contribution in [2.75, 3.05) is 6.61 Å². The Kier molecular flexibility index (Phi) is 4.64. The number of carbonyl (C=O) groups is 1. The fourth-order valence-electron chi connectivity index (χ4n) is 2.70. The molecule has 16 heavy (non-hydrogen) atoms. The van der Waals surface area contributed by atoms with E-state index in [0.29, 0.717) is 18.6 Å². The Morgan fingerprint density at radius 1 is 1.12 bits per heavy atom. The van der Waals surface area contributed by atoms with E-state index in [-0.39, 0.29) is 5.91 Å². The van der Waals surface area contributed by atoms with E-state index in [2.05, 4.69) is 5.32 Å². The van der Waals surface area contributed by atoms with Crippen molar-refractivity contribution in [3.8, 4) is 0 Å². The highest BCUT2D eigenvalue weighted by atomic mass is 16.5. The third-order valence-corrected chi connectivity index (χ3v) is 3.69. The van der Waals surface area contributed by atoms with Gasteiger partial charge in [0.15, 0.2) is 0 Å². The zero-order valence-electron chi connectivity index (χ0n) is 10.0. The summed E-state index contributed by atoms with van der Waals surface area (Å²) in [6.07, 6.45) is 10.4. The molecule has 3 heteroatoms. The number of hydrogen-bond acceptors (Lipinski definition) is 2. The first-order valence-corrected chi connectivity index (χ1v) is 6.75. The summed E-state index contributed by atoms with van der Waals surface area (Å²) < 4.78 is 5.62. The lowest BCUT2D eigenvalue weighted by molar-refractivity contribution is -0.122. The Morgan fingerprint density at radius 2 is 1.88 bits per heavy atom. The van der Waals surface area contributed by atoms with E-state index in [1.165, 1.54) is 38.5 Å². The third kappa shape index (κ3) is 3.78. The summed E-state index contributed by atoms with van der Waals surface area (Å²) in [4.78, 5) is 11.7. The minimum Gasteiger partial charge on any atom is -0.378 e. The lowest BCUT2D eigenvalue weighted by Gasteiger charge is -2.22. The second-order valence-corrected chi connectivity index (χ2v) is 5.08. The van der Waals surface area contributed by atoms with Gasteiger partial charge >= 0.3 is 0 Å². The van der Waals surface area contributed by atoms with Gasteiger partial charge in [0.1, 0.15) is 0 Å². The molecule has 0 bridgehead atoms.